The van der Waals surface area contributed by atoms with Crippen LogP contribution in [-0.2, 0) is 15.3 Å². The highest BCUT2D eigenvalue weighted by atomic mass is 79.9. The summed E-state index contributed by atoms with van der Waals surface area (Å²) in [7, 11) is 0. The fourth-order valence-corrected chi connectivity index (χ4v) is 4.03. The molecule has 0 spiro atoms. The van der Waals surface area contributed by atoms with E-state index in [-0.39, 0.29) is 18.4 Å². The molecule has 3 rings (SSSR count). The monoisotopic (exact) mass is 511 g/mol. The van der Waals surface area contributed by atoms with E-state index in [1.807, 2.05) is 54.6 Å². The van der Waals surface area contributed by atoms with Crippen LogP contribution < -0.4 is 15.5 Å². The molecule has 0 saturated heterocycles. The van der Waals surface area contributed by atoms with Crippen LogP contribution in [0.5, 0.6) is 5.75 Å². The first-order valence-electron chi connectivity index (χ1n) is 9.81. The SMILES string of the molecule is O=C(CSCc1ccccc1Br)N/N=C\c1ccc(OCC(=O)Nc2ccccc2)cc1. The number of para-hydroxylation sites is 1. The molecule has 164 valence electrons. The highest BCUT2D eigenvalue weighted by Crippen LogP contribution is 2.21. The lowest BCUT2D eigenvalue weighted by atomic mass is 10.2. The van der Waals surface area contributed by atoms with Crippen molar-refractivity contribution in [3.05, 3.63) is 94.5 Å². The van der Waals surface area contributed by atoms with Crippen molar-refractivity contribution in [1.29, 1.82) is 0 Å². The minimum absolute atomic E-state index is 0.0877. The van der Waals surface area contributed by atoms with Crippen LogP contribution in [0, 0.1) is 0 Å². The van der Waals surface area contributed by atoms with Crippen molar-refractivity contribution in [2.45, 2.75) is 5.75 Å². The van der Waals surface area contributed by atoms with E-state index in [0.29, 0.717) is 11.5 Å². The number of hydrazone groups is 1. The first-order valence-corrected chi connectivity index (χ1v) is 11.8. The van der Waals surface area contributed by atoms with E-state index in [4.69, 9.17) is 4.74 Å². The third kappa shape index (κ3) is 8.20. The lowest BCUT2D eigenvalue weighted by Crippen LogP contribution is -2.20. The van der Waals surface area contributed by atoms with Gasteiger partial charge >= 0.3 is 0 Å². The molecule has 32 heavy (non-hydrogen) atoms. The van der Waals surface area contributed by atoms with Crippen molar-refractivity contribution in [2.24, 2.45) is 5.10 Å². The molecule has 0 aliphatic rings. The summed E-state index contributed by atoms with van der Waals surface area (Å²) >= 11 is 5.02. The second kappa shape index (κ2) is 12.7. The van der Waals surface area contributed by atoms with Crippen LogP contribution >= 0.6 is 27.7 Å². The normalized spacial score (nSPS) is 10.7. The number of benzene rings is 3. The van der Waals surface area contributed by atoms with Crippen LogP contribution in [0.4, 0.5) is 5.69 Å². The molecule has 2 amide bonds. The van der Waals surface area contributed by atoms with E-state index in [2.05, 4.69) is 31.8 Å². The second-order valence-corrected chi connectivity index (χ2v) is 8.49. The largest absolute Gasteiger partial charge is 0.484 e. The fourth-order valence-electron chi connectivity index (χ4n) is 2.60. The van der Waals surface area contributed by atoms with Crippen molar-refractivity contribution in [3.8, 4) is 5.75 Å². The predicted octanol–water partition coefficient (Wildman–Crippen LogP) is 4.85. The number of carbonyl (C=O) groups excluding carboxylic acids is 2. The Balaban J connectivity index is 1.35. The molecule has 0 atom stereocenters. The zero-order valence-electron chi connectivity index (χ0n) is 17.2. The highest BCUT2D eigenvalue weighted by Gasteiger charge is 2.04. The van der Waals surface area contributed by atoms with Crippen molar-refractivity contribution in [1.82, 2.24) is 5.43 Å². The smallest absolute Gasteiger partial charge is 0.262 e. The minimum Gasteiger partial charge on any atom is -0.484 e. The van der Waals surface area contributed by atoms with Crippen LogP contribution in [-0.4, -0.2) is 30.4 Å². The Labute approximate surface area is 199 Å². The average molecular weight is 512 g/mol. The molecule has 0 aliphatic heterocycles. The van der Waals surface area contributed by atoms with Gasteiger partial charge in [-0.15, -0.1) is 11.8 Å². The molecule has 0 aromatic heterocycles. The molecule has 0 heterocycles. The lowest BCUT2D eigenvalue weighted by molar-refractivity contribution is -0.119. The van der Waals surface area contributed by atoms with Gasteiger partial charge in [0, 0.05) is 15.9 Å². The maximum absolute atomic E-state index is 11.9. The van der Waals surface area contributed by atoms with Crippen molar-refractivity contribution in [3.63, 3.8) is 0 Å². The molecule has 6 nitrogen and oxygen atoms in total. The number of carbonyl (C=O) groups is 2. The van der Waals surface area contributed by atoms with Gasteiger partial charge in [0.05, 0.1) is 12.0 Å². The fraction of sp³-hybridized carbons (Fsp3) is 0.125. The van der Waals surface area contributed by atoms with Gasteiger partial charge in [-0.3, -0.25) is 9.59 Å². The Hall–Kier alpha value is -3.10. The van der Waals surface area contributed by atoms with Gasteiger partial charge in [-0.25, -0.2) is 5.43 Å². The molecule has 0 unspecified atom stereocenters. The van der Waals surface area contributed by atoms with Gasteiger partial charge in [0.1, 0.15) is 5.75 Å². The van der Waals surface area contributed by atoms with Gasteiger partial charge in [-0.1, -0.05) is 52.3 Å². The average Bonchev–Trinajstić information content (AvgIpc) is 2.80. The Morgan fingerprint density at radius 1 is 0.938 bits per heavy atom. The van der Waals surface area contributed by atoms with E-state index in [1.165, 1.54) is 11.8 Å². The van der Waals surface area contributed by atoms with Crippen LogP contribution in [0.25, 0.3) is 0 Å². The number of nitrogens with zero attached hydrogens (tertiary/aromatic N) is 1. The molecule has 2 N–H and O–H groups in total. The Morgan fingerprint density at radius 2 is 1.66 bits per heavy atom. The van der Waals surface area contributed by atoms with Gasteiger partial charge in [-0.2, -0.15) is 5.10 Å². The number of nitrogens with one attached hydrogen (secondary N) is 2. The molecular weight excluding hydrogens is 490 g/mol. The summed E-state index contributed by atoms with van der Waals surface area (Å²) in [6.07, 6.45) is 1.56. The van der Waals surface area contributed by atoms with Crippen molar-refractivity contribution < 1.29 is 14.3 Å². The van der Waals surface area contributed by atoms with Gasteiger partial charge in [0.25, 0.3) is 5.91 Å². The summed E-state index contributed by atoms with van der Waals surface area (Å²) in [5.41, 5.74) is 5.19. The van der Waals surface area contributed by atoms with Gasteiger partial charge in [0.2, 0.25) is 5.91 Å². The molecule has 0 fully saturated rings. The first kappa shape index (κ1) is 23.6. The molecule has 0 bridgehead atoms. The zero-order chi connectivity index (χ0) is 22.6. The molecule has 0 radical (unpaired) electrons. The van der Waals surface area contributed by atoms with Crippen LogP contribution in [0.2, 0.25) is 0 Å². The molecule has 3 aromatic rings. The quantitative estimate of drug-likeness (QED) is 0.301. The van der Waals surface area contributed by atoms with E-state index in [0.717, 1.165) is 27.0 Å². The Bertz CT molecular complexity index is 1060. The van der Waals surface area contributed by atoms with Crippen molar-refractivity contribution in [2.75, 3.05) is 17.7 Å². The molecular formula is C24H22BrN3O3S. The second-order valence-electron chi connectivity index (χ2n) is 6.65. The predicted molar refractivity (Wildman–Crippen MR) is 133 cm³/mol. The van der Waals surface area contributed by atoms with Gasteiger partial charge in [0.15, 0.2) is 6.61 Å². The standard InChI is InChI=1S/C24H22BrN3O3S/c25-22-9-5-4-6-19(22)16-32-17-24(30)28-26-14-18-10-12-21(13-11-18)31-15-23(29)27-20-7-2-1-3-8-20/h1-14H,15-17H2,(H,27,29)(H,28,30)/b26-14-. The number of hydrogen-bond acceptors (Lipinski definition) is 5. The number of ether oxygens (including phenoxy) is 1. The summed E-state index contributed by atoms with van der Waals surface area (Å²) in [5, 5.41) is 6.74. The Morgan fingerprint density at radius 3 is 2.41 bits per heavy atom. The van der Waals surface area contributed by atoms with E-state index in [9.17, 15) is 9.59 Å². The zero-order valence-corrected chi connectivity index (χ0v) is 19.6. The Kier molecular flexibility index (Phi) is 9.34. The number of amides is 2. The van der Waals surface area contributed by atoms with E-state index >= 15 is 0 Å². The summed E-state index contributed by atoms with van der Waals surface area (Å²) in [6, 6.07) is 24.2. The summed E-state index contributed by atoms with van der Waals surface area (Å²) in [4.78, 5) is 23.9. The molecule has 0 aliphatic carbocycles. The summed E-state index contributed by atoms with van der Waals surface area (Å²) in [5.74, 6) is 1.22. The molecule has 8 heteroatoms. The number of hydrogen-bond donors (Lipinski definition) is 2. The van der Waals surface area contributed by atoms with Crippen LogP contribution in [0.3, 0.4) is 0 Å². The van der Waals surface area contributed by atoms with Crippen LogP contribution in [0.1, 0.15) is 11.1 Å². The minimum atomic E-state index is -0.234. The van der Waals surface area contributed by atoms with E-state index < -0.39 is 0 Å². The third-order valence-corrected chi connectivity index (χ3v) is 5.91. The molecule has 0 saturated carbocycles. The third-order valence-electron chi connectivity index (χ3n) is 4.16. The topological polar surface area (TPSA) is 79.8 Å². The number of rotatable bonds is 10. The van der Waals surface area contributed by atoms with Crippen molar-refractivity contribution >= 4 is 51.4 Å². The van der Waals surface area contributed by atoms with Crippen LogP contribution in [0.15, 0.2) is 88.4 Å². The van der Waals surface area contributed by atoms with E-state index in [1.54, 1.807) is 30.5 Å². The number of halogens is 1. The van der Waals surface area contributed by atoms with Gasteiger partial charge < -0.3 is 10.1 Å². The number of thioether (sulfide) groups is 1. The first-order chi connectivity index (χ1) is 15.6. The summed E-state index contributed by atoms with van der Waals surface area (Å²) < 4.78 is 6.53. The summed E-state index contributed by atoms with van der Waals surface area (Å²) in [6.45, 7) is -0.0877. The molecule has 3 aromatic carbocycles. The van der Waals surface area contributed by atoms with Gasteiger partial charge in [-0.05, 0) is 53.6 Å². The lowest BCUT2D eigenvalue weighted by Gasteiger charge is -2.07. The highest BCUT2D eigenvalue weighted by molar-refractivity contribution is 9.10. The maximum atomic E-state index is 11.9. The number of anilines is 1. The maximum Gasteiger partial charge on any atom is 0.262 e.